The number of hydrogen-bond donors (Lipinski definition) is 2. The summed E-state index contributed by atoms with van der Waals surface area (Å²) in [7, 11) is 1.84. The molecule has 22 heavy (non-hydrogen) atoms. The summed E-state index contributed by atoms with van der Waals surface area (Å²) in [4.78, 5) is 16.5. The maximum absolute atomic E-state index is 12.2. The summed E-state index contributed by atoms with van der Waals surface area (Å²) in [5, 5.41) is 17.3. The number of aryl methyl sites for hydroxylation is 2. The standard InChI is InChI=1S/C16H24N4O2/c1-11-13-8-12(9-18-14(13)20(4)19-11)15(22)17-7-5-6-16(2,3)10-21/h8-9,21H,5-7,10H2,1-4H3,(H,17,22). The van der Waals surface area contributed by atoms with E-state index in [0.29, 0.717) is 12.1 Å². The van der Waals surface area contributed by atoms with Gasteiger partial charge in [-0.2, -0.15) is 5.10 Å². The van der Waals surface area contributed by atoms with Crippen molar-refractivity contribution in [2.75, 3.05) is 13.2 Å². The van der Waals surface area contributed by atoms with E-state index in [2.05, 4.69) is 15.4 Å². The molecule has 0 aromatic carbocycles. The second kappa shape index (κ2) is 6.44. The number of pyridine rings is 1. The number of aromatic nitrogens is 3. The Morgan fingerprint density at radius 1 is 1.45 bits per heavy atom. The molecule has 2 aromatic rings. The van der Waals surface area contributed by atoms with Crippen LogP contribution in [0.2, 0.25) is 0 Å². The Morgan fingerprint density at radius 3 is 2.86 bits per heavy atom. The average Bonchev–Trinajstić information content (AvgIpc) is 2.78. The maximum Gasteiger partial charge on any atom is 0.252 e. The minimum Gasteiger partial charge on any atom is -0.396 e. The Kier molecular flexibility index (Phi) is 4.81. The number of hydrogen-bond acceptors (Lipinski definition) is 4. The highest BCUT2D eigenvalue weighted by atomic mass is 16.3. The van der Waals surface area contributed by atoms with Gasteiger partial charge in [-0.05, 0) is 31.2 Å². The molecule has 120 valence electrons. The number of nitrogens with one attached hydrogen (secondary N) is 1. The number of carbonyl (C=O) groups excluding carboxylic acids is 1. The molecule has 2 rings (SSSR count). The quantitative estimate of drug-likeness (QED) is 0.798. The molecule has 6 nitrogen and oxygen atoms in total. The largest absolute Gasteiger partial charge is 0.396 e. The smallest absolute Gasteiger partial charge is 0.252 e. The lowest BCUT2D eigenvalue weighted by Gasteiger charge is -2.21. The van der Waals surface area contributed by atoms with Gasteiger partial charge in [0.2, 0.25) is 0 Å². The summed E-state index contributed by atoms with van der Waals surface area (Å²) in [5.41, 5.74) is 2.09. The van der Waals surface area contributed by atoms with Crippen molar-refractivity contribution in [3.05, 3.63) is 23.5 Å². The van der Waals surface area contributed by atoms with Crippen LogP contribution in [0, 0.1) is 12.3 Å². The van der Waals surface area contributed by atoms with Crippen LogP contribution in [0.1, 0.15) is 42.7 Å². The zero-order chi connectivity index (χ0) is 16.3. The van der Waals surface area contributed by atoms with Gasteiger partial charge in [0.25, 0.3) is 5.91 Å². The molecule has 6 heteroatoms. The van der Waals surface area contributed by atoms with Gasteiger partial charge in [0.1, 0.15) is 0 Å². The lowest BCUT2D eigenvalue weighted by atomic mass is 9.89. The van der Waals surface area contributed by atoms with Crippen molar-refractivity contribution in [3.8, 4) is 0 Å². The molecule has 2 N–H and O–H groups in total. The van der Waals surface area contributed by atoms with Gasteiger partial charge >= 0.3 is 0 Å². The van der Waals surface area contributed by atoms with Crippen LogP contribution >= 0.6 is 0 Å². The van der Waals surface area contributed by atoms with Gasteiger partial charge in [0, 0.05) is 31.8 Å². The minimum atomic E-state index is -0.126. The Labute approximate surface area is 130 Å². The highest BCUT2D eigenvalue weighted by molar-refractivity contribution is 5.97. The minimum absolute atomic E-state index is 0.0992. The van der Waals surface area contributed by atoms with E-state index >= 15 is 0 Å². The van der Waals surface area contributed by atoms with Crippen molar-refractivity contribution in [3.63, 3.8) is 0 Å². The van der Waals surface area contributed by atoms with Crippen LogP contribution in [0.3, 0.4) is 0 Å². The van der Waals surface area contributed by atoms with Crippen molar-refractivity contribution in [2.24, 2.45) is 12.5 Å². The number of amides is 1. The van der Waals surface area contributed by atoms with E-state index < -0.39 is 0 Å². The zero-order valence-corrected chi connectivity index (χ0v) is 13.7. The van der Waals surface area contributed by atoms with Crippen LogP contribution in [-0.2, 0) is 7.05 Å². The number of fused-ring (bicyclic) bond motifs is 1. The number of aliphatic hydroxyl groups is 1. The van der Waals surface area contributed by atoms with E-state index in [1.165, 1.54) is 0 Å². The summed E-state index contributed by atoms with van der Waals surface area (Å²) in [6.07, 6.45) is 3.28. The molecule has 2 aromatic heterocycles. The molecular formula is C16H24N4O2. The van der Waals surface area contributed by atoms with Crippen LogP contribution in [-0.4, -0.2) is 38.9 Å². The average molecular weight is 304 g/mol. The van der Waals surface area contributed by atoms with E-state index in [0.717, 1.165) is 29.6 Å². The summed E-state index contributed by atoms with van der Waals surface area (Å²) < 4.78 is 1.71. The van der Waals surface area contributed by atoms with Crippen molar-refractivity contribution in [1.82, 2.24) is 20.1 Å². The van der Waals surface area contributed by atoms with Gasteiger partial charge in [0.15, 0.2) is 5.65 Å². The van der Waals surface area contributed by atoms with Crippen molar-refractivity contribution in [2.45, 2.75) is 33.6 Å². The lowest BCUT2D eigenvalue weighted by molar-refractivity contribution is 0.0948. The van der Waals surface area contributed by atoms with E-state index in [-0.39, 0.29) is 17.9 Å². The van der Waals surface area contributed by atoms with Crippen LogP contribution < -0.4 is 5.32 Å². The third-order valence-electron chi connectivity index (χ3n) is 3.87. The van der Waals surface area contributed by atoms with Crippen molar-refractivity contribution >= 4 is 16.9 Å². The van der Waals surface area contributed by atoms with Crippen LogP contribution in [0.4, 0.5) is 0 Å². The first-order chi connectivity index (χ1) is 10.3. The van der Waals surface area contributed by atoms with Crippen LogP contribution in [0.15, 0.2) is 12.3 Å². The zero-order valence-electron chi connectivity index (χ0n) is 13.7. The number of aliphatic hydroxyl groups excluding tert-OH is 1. The summed E-state index contributed by atoms with van der Waals surface area (Å²) in [6.45, 7) is 6.67. The van der Waals surface area contributed by atoms with E-state index in [4.69, 9.17) is 0 Å². The molecule has 0 aliphatic rings. The fourth-order valence-electron chi connectivity index (χ4n) is 2.38. The SMILES string of the molecule is Cc1nn(C)c2ncc(C(=O)NCCCC(C)(C)CO)cc12. The van der Waals surface area contributed by atoms with Crippen LogP contribution in [0.25, 0.3) is 11.0 Å². The Bertz CT molecular complexity index is 676. The molecule has 0 atom stereocenters. The molecule has 0 saturated heterocycles. The molecule has 0 aliphatic heterocycles. The van der Waals surface area contributed by atoms with E-state index in [9.17, 15) is 9.90 Å². The first kappa shape index (κ1) is 16.4. The first-order valence-corrected chi connectivity index (χ1v) is 7.52. The maximum atomic E-state index is 12.2. The highest BCUT2D eigenvalue weighted by Crippen LogP contribution is 2.20. The normalized spacial score (nSPS) is 11.9. The summed E-state index contributed by atoms with van der Waals surface area (Å²) in [5.74, 6) is -0.126. The lowest BCUT2D eigenvalue weighted by Crippen LogP contribution is -2.26. The molecule has 0 fully saturated rings. The number of rotatable bonds is 6. The molecular weight excluding hydrogens is 280 g/mol. The van der Waals surface area contributed by atoms with Crippen LogP contribution in [0.5, 0.6) is 0 Å². The predicted octanol–water partition coefficient (Wildman–Crippen LogP) is 1.81. The third kappa shape index (κ3) is 3.62. The topological polar surface area (TPSA) is 80.0 Å². The van der Waals surface area contributed by atoms with Gasteiger partial charge in [-0.15, -0.1) is 0 Å². The summed E-state index contributed by atoms with van der Waals surface area (Å²) >= 11 is 0. The van der Waals surface area contributed by atoms with E-state index in [1.54, 1.807) is 10.9 Å². The van der Waals surface area contributed by atoms with Crippen molar-refractivity contribution in [1.29, 1.82) is 0 Å². The molecule has 1 amide bonds. The molecule has 0 unspecified atom stereocenters. The van der Waals surface area contributed by atoms with Gasteiger partial charge < -0.3 is 10.4 Å². The highest BCUT2D eigenvalue weighted by Gasteiger charge is 2.16. The second-order valence-corrected chi connectivity index (χ2v) is 6.49. The molecule has 0 aliphatic carbocycles. The fraction of sp³-hybridized carbons (Fsp3) is 0.562. The van der Waals surface area contributed by atoms with Gasteiger partial charge in [-0.25, -0.2) is 4.98 Å². The van der Waals surface area contributed by atoms with E-state index in [1.807, 2.05) is 33.9 Å². The Balaban J connectivity index is 1.97. The Hall–Kier alpha value is -1.95. The van der Waals surface area contributed by atoms with Gasteiger partial charge in [0.05, 0.1) is 11.3 Å². The predicted molar refractivity (Wildman–Crippen MR) is 85.7 cm³/mol. The summed E-state index contributed by atoms with van der Waals surface area (Å²) in [6, 6.07) is 1.83. The molecule has 2 heterocycles. The fourth-order valence-corrected chi connectivity index (χ4v) is 2.38. The van der Waals surface area contributed by atoms with Gasteiger partial charge in [-0.3, -0.25) is 9.48 Å². The Morgan fingerprint density at radius 2 is 2.18 bits per heavy atom. The monoisotopic (exact) mass is 304 g/mol. The number of nitrogens with zero attached hydrogens (tertiary/aromatic N) is 3. The van der Waals surface area contributed by atoms with Crippen molar-refractivity contribution < 1.29 is 9.90 Å². The molecule has 0 radical (unpaired) electrons. The third-order valence-corrected chi connectivity index (χ3v) is 3.87. The number of carbonyl (C=O) groups is 1. The van der Waals surface area contributed by atoms with Gasteiger partial charge in [-0.1, -0.05) is 13.8 Å². The molecule has 0 saturated carbocycles. The second-order valence-electron chi connectivity index (χ2n) is 6.49. The first-order valence-electron chi connectivity index (χ1n) is 7.52. The molecule has 0 spiro atoms. The molecule has 0 bridgehead atoms.